The topological polar surface area (TPSA) is 40.5 Å². The van der Waals surface area contributed by atoms with E-state index in [2.05, 4.69) is 15.9 Å². The largest absolute Gasteiger partial charge is 0.391 e. The van der Waals surface area contributed by atoms with Crippen LogP contribution in [0.4, 0.5) is 0 Å². The van der Waals surface area contributed by atoms with Gasteiger partial charge in [-0.3, -0.25) is 4.79 Å². The van der Waals surface area contributed by atoms with Crippen LogP contribution >= 0.6 is 27.7 Å². The fraction of sp³-hybridized carbons (Fsp3) is 0.417. The first kappa shape index (κ1) is 12.9. The number of nitrogens with zero attached hydrogens (tertiary/aromatic N) is 1. The molecule has 1 aromatic rings. The summed E-state index contributed by atoms with van der Waals surface area (Å²) in [5.74, 6) is 0.545. The number of hydrogen-bond donors (Lipinski definition) is 1. The molecular weight excluding hydrogens is 302 g/mol. The third-order valence-corrected chi connectivity index (χ3v) is 4.22. The van der Waals surface area contributed by atoms with Gasteiger partial charge < -0.3 is 10.0 Å². The third-order valence-electron chi connectivity index (χ3n) is 2.69. The van der Waals surface area contributed by atoms with Gasteiger partial charge in [-0.25, -0.2) is 0 Å². The summed E-state index contributed by atoms with van der Waals surface area (Å²) in [7, 11) is 0. The van der Waals surface area contributed by atoms with Gasteiger partial charge in [0.15, 0.2) is 0 Å². The molecule has 1 heterocycles. The van der Waals surface area contributed by atoms with E-state index in [0.29, 0.717) is 25.3 Å². The van der Waals surface area contributed by atoms with Crippen LogP contribution in [0.1, 0.15) is 6.42 Å². The van der Waals surface area contributed by atoms with Crippen LogP contribution in [0.3, 0.4) is 0 Å². The van der Waals surface area contributed by atoms with E-state index in [4.69, 9.17) is 0 Å². The summed E-state index contributed by atoms with van der Waals surface area (Å²) in [4.78, 5) is 14.6. The van der Waals surface area contributed by atoms with Crippen LogP contribution in [-0.4, -0.2) is 40.9 Å². The molecule has 1 N–H and O–H groups in total. The minimum Gasteiger partial charge on any atom is -0.391 e. The zero-order chi connectivity index (χ0) is 12.3. The van der Waals surface area contributed by atoms with E-state index in [0.717, 1.165) is 9.37 Å². The average Bonchev–Trinajstić information content (AvgIpc) is 2.75. The Morgan fingerprint density at radius 1 is 1.47 bits per heavy atom. The van der Waals surface area contributed by atoms with Gasteiger partial charge in [0.05, 0.1) is 11.9 Å². The summed E-state index contributed by atoms with van der Waals surface area (Å²) in [6.45, 7) is 1.17. The second-order valence-electron chi connectivity index (χ2n) is 4.02. The molecule has 92 valence electrons. The van der Waals surface area contributed by atoms with Gasteiger partial charge in [0.2, 0.25) is 5.91 Å². The number of carbonyl (C=O) groups is 1. The van der Waals surface area contributed by atoms with Crippen LogP contribution in [0.2, 0.25) is 0 Å². The third kappa shape index (κ3) is 3.72. The molecular formula is C12H14BrNO2S. The maximum absolute atomic E-state index is 11.8. The molecule has 0 aromatic heterocycles. The molecule has 0 unspecified atom stereocenters. The molecule has 1 aliphatic heterocycles. The minimum absolute atomic E-state index is 0.106. The van der Waals surface area contributed by atoms with Gasteiger partial charge in [0, 0.05) is 22.5 Å². The van der Waals surface area contributed by atoms with Crippen LogP contribution in [0.5, 0.6) is 0 Å². The van der Waals surface area contributed by atoms with Gasteiger partial charge in [0.25, 0.3) is 0 Å². The smallest absolute Gasteiger partial charge is 0.233 e. The molecule has 1 saturated heterocycles. The predicted octanol–water partition coefficient (Wildman–Crippen LogP) is 2.13. The zero-order valence-corrected chi connectivity index (χ0v) is 11.7. The van der Waals surface area contributed by atoms with Crippen LogP contribution in [0.25, 0.3) is 0 Å². The molecule has 17 heavy (non-hydrogen) atoms. The SMILES string of the molecule is O=C(CSc1ccc(Br)cc1)N1CC[C@H](O)C1. The van der Waals surface area contributed by atoms with Crippen molar-refractivity contribution in [3.63, 3.8) is 0 Å². The van der Waals surface area contributed by atoms with Crippen molar-refractivity contribution in [1.82, 2.24) is 4.90 Å². The number of benzene rings is 1. The van der Waals surface area contributed by atoms with Crippen molar-refractivity contribution in [2.24, 2.45) is 0 Å². The summed E-state index contributed by atoms with van der Waals surface area (Å²) in [5.41, 5.74) is 0. The van der Waals surface area contributed by atoms with Crippen molar-refractivity contribution in [3.05, 3.63) is 28.7 Å². The van der Waals surface area contributed by atoms with Crippen molar-refractivity contribution in [2.75, 3.05) is 18.8 Å². The number of likely N-dealkylation sites (tertiary alicyclic amines) is 1. The lowest BCUT2D eigenvalue weighted by atomic mass is 10.3. The number of thioether (sulfide) groups is 1. The first-order valence-corrected chi connectivity index (χ1v) is 7.27. The second-order valence-corrected chi connectivity index (χ2v) is 5.99. The van der Waals surface area contributed by atoms with Crippen LogP contribution in [0, 0.1) is 0 Å². The Morgan fingerprint density at radius 3 is 2.76 bits per heavy atom. The Morgan fingerprint density at radius 2 is 2.18 bits per heavy atom. The number of aliphatic hydroxyl groups excluding tert-OH is 1. The Kier molecular flexibility index (Phi) is 4.48. The number of aliphatic hydroxyl groups is 1. The van der Waals surface area contributed by atoms with E-state index in [-0.39, 0.29) is 12.0 Å². The number of β-amino-alcohol motifs (C(OH)–C–C–N with tert-alkyl or cyclic N) is 1. The van der Waals surface area contributed by atoms with Gasteiger partial charge in [-0.2, -0.15) is 0 Å². The van der Waals surface area contributed by atoms with Crippen LogP contribution < -0.4 is 0 Å². The zero-order valence-electron chi connectivity index (χ0n) is 9.30. The summed E-state index contributed by atoms with van der Waals surface area (Å²) in [6.07, 6.45) is 0.367. The lowest BCUT2D eigenvalue weighted by Gasteiger charge is -2.14. The van der Waals surface area contributed by atoms with Crippen molar-refractivity contribution < 1.29 is 9.90 Å². The van der Waals surface area contributed by atoms with E-state index >= 15 is 0 Å². The maximum Gasteiger partial charge on any atom is 0.233 e. The normalized spacial score (nSPS) is 19.6. The quantitative estimate of drug-likeness (QED) is 0.869. The lowest BCUT2D eigenvalue weighted by Crippen LogP contribution is -2.30. The van der Waals surface area contributed by atoms with Crippen molar-refractivity contribution in [1.29, 1.82) is 0 Å². The van der Waals surface area contributed by atoms with E-state index in [1.54, 1.807) is 4.90 Å². The van der Waals surface area contributed by atoms with E-state index in [1.165, 1.54) is 11.8 Å². The molecule has 0 saturated carbocycles. The summed E-state index contributed by atoms with van der Waals surface area (Å²) < 4.78 is 1.04. The average molecular weight is 316 g/mol. The monoisotopic (exact) mass is 315 g/mol. The first-order valence-electron chi connectivity index (χ1n) is 5.49. The molecule has 1 amide bonds. The standard InChI is InChI=1S/C12H14BrNO2S/c13-9-1-3-11(4-2-9)17-8-12(16)14-6-5-10(15)7-14/h1-4,10,15H,5-8H2/t10-/m0/s1. The Labute approximate surface area is 113 Å². The van der Waals surface area contributed by atoms with E-state index < -0.39 is 0 Å². The van der Waals surface area contributed by atoms with Crippen molar-refractivity contribution in [2.45, 2.75) is 17.4 Å². The summed E-state index contributed by atoms with van der Waals surface area (Å²) in [6, 6.07) is 7.90. The number of hydrogen-bond acceptors (Lipinski definition) is 3. The molecule has 1 aliphatic rings. The molecule has 0 aliphatic carbocycles. The molecule has 0 bridgehead atoms. The highest BCUT2D eigenvalue weighted by molar-refractivity contribution is 9.10. The molecule has 3 nitrogen and oxygen atoms in total. The number of rotatable bonds is 3. The predicted molar refractivity (Wildman–Crippen MR) is 72.1 cm³/mol. The highest BCUT2D eigenvalue weighted by Crippen LogP contribution is 2.21. The Hall–Kier alpha value is -0.520. The van der Waals surface area contributed by atoms with Gasteiger partial charge in [-0.05, 0) is 30.7 Å². The van der Waals surface area contributed by atoms with Crippen LogP contribution in [-0.2, 0) is 4.79 Å². The molecule has 1 aromatic carbocycles. The van der Waals surface area contributed by atoms with Gasteiger partial charge in [-0.15, -0.1) is 11.8 Å². The van der Waals surface area contributed by atoms with Gasteiger partial charge in [0.1, 0.15) is 0 Å². The molecule has 1 fully saturated rings. The highest BCUT2D eigenvalue weighted by Gasteiger charge is 2.24. The number of carbonyl (C=O) groups excluding carboxylic acids is 1. The van der Waals surface area contributed by atoms with Gasteiger partial charge >= 0.3 is 0 Å². The number of halogens is 1. The molecule has 1 atom stereocenters. The van der Waals surface area contributed by atoms with E-state index in [9.17, 15) is 9.90 Å². The Balaban J connectivity index is 1.82. The van der Waals surface area contributed by atoms with Crippen molar-refractivity contribution >= 4 is 33.6 Å². The molecule has 0 spiro atoms. The van der Waals surface area contributed by atoms with Gasteiger partial charge in [-0.1, -0.05) is 15.9 Å². The highest BCUT2D eigenvalue weighted by atomic mass is 79.9. The lowest BCUT2D eigenvalue weighted by molar-refractivity contribution is -0.127. The Bertz CT molecular complexity index is 396. The fourth-order valence-electron chi connectivity index (χ4n) is 1.74. The molecule has 0 radical (unpaired) electrons. The first-order chi connectivity index (χ1) is 8.15. The summed E-state index contributed by atoms with van der Waals surface area (Å²) in [5, 5.41) is 9.36. The van der Waals surface area contributed by atoms with Crippen molar-refractivity contribution in [3.8, 4) is 0 Å². The van der Waals surface area contributed by atoms with Crippen LogP contribution in [0.15, 0.2) is 33.6 Å². The molecule has 2 rings (SSSR count). The minimum atomic E-state index is -0.336. The van der Waals surface area contributed by atoms with E-state index in [1.807, 2.05) is 24.3 Å². The molecule has 5 heteroatoms. The second kappa shape index (κ2) is 5.89. The maximum atomic E-state index is 11.8. The number of amides is 1. The summed E-state index contributed by atoms with van der Waals surface area (Å²) >= 11 is 4.91. The fourth-order valence-corrected chi connectivity index (χ4v) is 2.80.